The van der Waals surface area contributed by atoms with E-state index in [0.717, 1.165) is 14.5 Å². The zero-order valence-electron chi connectivity index (χ0n) is 10.4. The Morgan fingerprint density at radius 1 is 1.20 bits per heavy atom. The molecule has 0 atom stereocenters. The van der Waals surface area contributed by atoms with Gasteiger partial charge in [-0.3, -0.25) is 4.79 Å². The molecular formula is C12H11Br2N5O. The Hall–Kier alpha value is -1.51. The van der Waals surface area contributed by atoms with Crippen LogP contribution in [0.2, 0.25) is 0 Å². The van der Waals surface area contributed by atoms with Crippen LogP contribution < -0.4 is 16.6 Å². The predicted molar refractivity (Wildman–Crippen MR) is 84.4 cm³/mol. The number of nitrogens with one attached hydrogen (secondary N) is 2. The summed E-state index contributed by atoms with van der Waals surface area (Å²) in [5, 5.41) is 10.3. The van der Waals surface area contributed by atoms with Crippen LogP contribution in [0.15, 0.2) is 33.2 Å². The number of amides is 1. The van der Waals surface area contributed by atoms with Crippen molar-refractivity contribution in [1.29, 1.82) is 0 Å². The van der Waals surface area contributed by atoms with Gasteiger partial charge in [0.15, 0.2) is 11.5 Å². The van der Waals surface area contributed by atoms with Crippen LogP contribution in [0.3, 0.4) is 0 Å². The third-order valence-corrected chi connectivity index (χ3v) is 3.72. The van der Waals surface area contributed by atoms with E-state index in [1.807, 2.05) is 19.1 Å². The molecule has 0 spiro atoms. The first-order valence-corrected chi connectivity index (χ1v) is 7.17. The lowest BCUT2D eigenvalue weighted by molar-refractivity contribution is 0.102. The summed E-state index contributed by atoms with van der Waals surface area (Å²) >= 11 is 6.83. The van der Waals surface area contributed by atoms with Gasteiger partial charge in [0, 0.05) is 8.95 Å². The average molecular weight is 401 g/mol. The summed E-state index contributed by atoms with van der Waals surface area (Å²) in [4.78, 5) is 12.1. The second-order valence-electron chi connectivity index (χ2n) is 4.01. The topological polar surface area (TPSA) is 92.9 Å². The highest BCUT2D eigenvalue weighted by Gasteiger charge is 2.13. The second kappa shape index (κ2) is 6.29. The van der Waals surface area contributed by atoms with Gasteiger partial charge < -0.3 is 10.7 Å². The molecule has 0 aliphatic heterocycles. The van der Waals surface area contributed by atoms with Gasteiger partial charge in [-0.15, -0.1) is 10.2 Å². The number of nitrogens with zero attached hydrogens (tertiary/aromatic N) is 2. The quantitative estimate of drug-likeness (QED) is 0.544. The number of rotatable bonds is 3. The smallest absolute Gasteiger partial charge is 0.276 e. The number of hydrogen-bond acceptors (Lipinski definition) is 5. The van der Waals surface area contributed by atoms with Crippen molar-refractivity contribution in [3.05, 3.63) is 44.5 Å². The maximum Gasteiger partial charge on any atom is 0.276 e. The fourth-order valence-corrected chi connectivity index (χ4v) is 3.14. The predicted octanol–water partition coefficient (Wildman–Crippen LogP) is 2.85. The van der Waals surface area contributed by atoms with Crippen LogP contribution in [0.1, 0.15) is 16.1 Å². The number of nitrogen functional groups attached to an aromatic ring is 1. The molecule has 2 aromatic rings. The van der Waals surface area contributed by atoms with Crippen molar-refractivity contribution in [2.75, 3.05) is 10.7 Å². The van der Waals surface area contributed by atoms with Gasteiger partial charge in [0.2, 0.25) is 0 Å². The van der Waals surface area contributed by atoms with Crippen LogP contribution in [0.25, 0.3) is 0 Å². The van der Waals surface area contributed by atoms with Gasteiger partial charge in [-0.25, -0.2) is 5.84 Å². The molecule has 0 saturated heterocycles. The highest BCUT2D eigenvalue weighted by molar-refractivity contribution is 9.11. The molecule has 1 heterocycles. The van der Waals surface area contributed by atoms with E-state index in [4.69, 9.17) is 5.84 Å². The summed E-state index contributed by atoms with van der Waals surface area (Å²) in [6, 6.07) is 6.93. The molecule has 1 amide bonds. The number of carbonyl (C=O) groups excluding carboxylic acids is 1. The summed E-state index contributed by atoms with van der Waals surface area (Å²) in [5.41, 5.74) is 4.26. The number of halogens is 2. The van der Waals surface area contributed by atoms with E-state index in [1.54, 1.807) is 6.07 Å². The van der Waals surface area contributed by atoms with Crippen LogP contribution >= 0.6 is 31.9 Å². The Balaban J connectivity index is 2.23. The van der Waals surface area contributed by atoms with Gasteiger partial charge in [0.05, 0.1) is 5.69 Å². The molecule has 20 heavy (non-hydrogen) atoms. The number of anilines is 2. The fourth-order valence-electron chi connectivity index (χ4n) is 1.53. The lowest BCUT2D eigenvalue weighted by atomic mass is 10.2. The van der Waals surface area contributed by atoms with E-state index in [9.17, 15) is 4.79 Å². The molecule has 8 heteroatoms. The summed E-state index contributed by atoms with van der Waals surface area (Å²) in [5.74, 6) is 5.22. The van der Waals surface area contributed by atoms with Crippen molar-refractivity contribution in [2.45, 2.75) is 6.92 Å². The van der Waals surface area contributed by atoms with Crippen LogP contribution in [0.4, 0.5) is 11.5 Å². The third-order valence-electron chi connectivity index (χ3n) is 2.47. The van der Waals surface area contributed by atoms with Gasteiger partial charge in [-0.05, 0) is 68.6 Å². The lowest BCUT2D eigenvalue weighted by Crippen LogP contribution is -2.16. The molecule has 0 fully saturated rings. The van der Waals surface area contributed by atoms with Crippen LogP contribution in [0, 0.1) is 6.92 Å². The first-order valence-electron chi connectivity index (χ1n) is 5.58. The molecule has 0 aliphatic carbocycles. The number of benzene rings is 1. The van der Waals surface area contributed by atoms with Gasteiger partial charge in [-0.2, -0.15) is 0 Å². The van der Waals surface area contributed by atoms with E-state index >= 15 is 0 Å². The Kier molecular flexibility index (Phi) is 4.69. The maximum atomic E-state index is 12.1. The Morgan fingerprint density at radius 3 is 2.35 bits per heavy atom. The van der Waals surface area contributed by atoms with Crippen molar-refractivity contribution in [2.24, 2.45) is 5.84 Å². The van der Waals surface area contributed by atoms with Crippen molar-refractivity contribution < 1.29 is 4.79 Å². The minimum absolute atomic E-state index is 0.198. The summed E-state index contributed by atoms with van der Waals surface area (Å²) in [7, 11) is 0. The Morgan fingerprint density at radius 2 is 1.85 bits per heavy atom. The number of carbonyl (C=O) groups is 1. The third kappa shape index (κ3) is 3.33. The molecule has 0 bridgehead atoms. The first-order chi connectivity index (χ1) is 9.51. The van der Waals surface area contributed by atoms with Crippen molar-refractivity contribution >= 4 is 49.3 Å². The standard InChI is InChI=1S/C12H11Br2N5O/c1-6-4-7(13)11(8(14)5-6)16-12(20)9-2-3-10(17-15)19-18-9/h2-5H,15H2,1H3,(H,16,20)(H,17,19). The minimum Gasteiger partial charge on any atom is -0.319 e. The molecule has 104 valence electrons. The first kappa shape index (κ1) is 14.9. The number of aryl methyl sites for hydroxylation is 1. The van der Waals surface area contributed by atoms with E-state index < -0.39 is 0 Å². The summed E-state index contributed by atoms with van der Waals surface area (Å²) < 4.78 is 1.57. The zero-order valence-corrected chi connectivity index (χ0v) is 13.6. The lowest BCUT2D eigenvalue weighted by Gasteiger charge is -2.10. The highest BCUT2D eigenvalue weighted by atomic mass is 79.9. The zero-order chi connectivity index (χ0) is 14.7. The molecule has 1 aromatic carbocycles. The average Bonchev–Trinajstić information content (AvgIpc) is 2.42. The molecule has 0 aliphatic rings. The molecule has 0 unspecified atom stereocenters. The van der Waals surface area contributed by atoms with Crippen LogP contribution in [0.5, 0.6) is 0 Å². The summed E-state index contributed by atoms with van der Waals surface area (Å²) in [6.45, 7) is 1.96. The SMILES string of the molecule is Cc1cc(Br)c(NC(=O)c2ccc(NN)nn2)c(Br)c1. The number of aromatic nitrogens is 2. The normalized spacial score (nSPS) is 10.2. The fraction of sp³-hybridized carbons (Fsp3) is 0.0833. The van der Waals surface area contributed by atoms with E-state index in [0.29, 0.717) is 11.5 Å². The molecule has 0 saturated carbocycles. The number of nitrogens with two attached hydrogens (primary N) is 1. The molecule has 0 radical (unpaired) electrons. The number of hydrazine groups is 1. The number of hydrogen-bond donors (Lipinski definition) is 3. The molecule has 4 N–H and O–H groups in total. The van der Waals surface area contributed by atoms with Crippen molar-refractivity contribution in [3.8, 4) is 0 Å². The maximum absolute atomic E-state index is 12.1. The second-order valence-corrected chi connectivity index (χ2v) is 5.71. The van der Waals surface area contributed by atoms with Crippen LogP contribution in [-0.4, -0.2) is 16.1 Å². The van der Waals surface area contributed by atoms with E-state index in [-0.39, 0.29) is 11.6 Å². The van der Waals surface area contributed by atoms with E-state index in [2.05, 4.69) is 52.8 Å². The Labute approximate surface area is 132 Å². The van der Waals surface area contributed by atoms with Gasteiger partial charge in [-0.1, -0.05) is 0 Å². The largest absolute Gasteiger partial charge is 0.319 e. The van der Waals surface area contributed by atoms with Gasteiger partial charge in [0.25, 0.3) is 5.91 Å². The monoisotopic (exact) mass is 399 g/mol. The van der Waals surface area contributed by atoms with Crippen molar-refractivity contribution in [3.63, 3.8) is 0 Å². The van der Waals surface area contributed by atoms with Gasteiger partial charge >= 0.3 is 0 Å². The minimum atomic E-state index is -0.355. The van der Waals surface area contributed by atoms with Crippen LogP contribution in [-0.2, 0) is 0 Å². The molecule has 2 rings (SSSR count). The highest BCUT2D eigenvalue weighted by Crippen LogP contribution is 2.32. The Bertz CT molecular complexity index is 622. The molecule has 1 aromatic heterocycles. The summed E-state index contributed by atoms with van der Waals surface area (Å²) in [6.07, 6.45) is 0. The molecular weight excluding hydrogens is 390 g/mol. The van der Waals surface area contributed by atoms with Gasteiger partial charge in [0.1, 0.15) is 0 Å². The van der Waals surface area contributed by atoms with E-state index in [1.165, 1.54) is 6.07 Å². The van der Waals surface area contributed by atoms with Crippen molar-refractivity contribution in [1.82, 2.24) is 10.2 Å². The molecule has 6 nitrogen and oxygen atoms in total.